The molecule has 7 heteroatoms. The fraction of sp³-hybridized carbons (Fsp3) is 0.292. The van der Waals surface area contributed by atoms with E-state index in [0.717, 1.165) is 29.7 Å². The Morgan fingerprint density at radius 2 is 1.94 bits per heavy atom. The van der Waals surface area contributed by atoms with Gasteiger partial charge in [0.25, 0.3) is 0 Å². The first-order valence-corrected chi connectivity index (χ1v) is 10.1. The molecule has 1 unspecified atom stereocenters. The lowest BCUT2D eigenvalue weighted by molar-refractivity contribution is -0.118. The van der Waals surface area contributed by atoms with E-state index in [0.29, 0.717) is 11.5 Å². The highest BCUT2D eigenvalue weighted by atomic mass is 16.5. The van der Waals surface area contributed by atoms with Crippen LogP contribution in [0.15, 0.2) is 48.5 Å². The number of nitrogens with one attached hydrogen (secondary N) is 2. The van der Waals surface area contributed by atoms with E-state index in [1.54, 1.807) is 24.3 Å². The molecule has 0 heterocycles. The summed E-state index contributed by atoms with van der Waals surface area (Å²) in [5, 5.41) is 14.4. The number of benzene rings is 2. The number of hydrogen-bond donors (Lipinski definition) is 2. The van der Waals surface area contributed by atoms with Gasteiger partial charge in [-0.3, -0.25) is 9.59 Å². The van der Waals surface area contributed by atoms with Crippen LogP contribution in [-0.4, -0.2) is 25.5 Å². The molecule has 7 nitrogen and oxygen atoms in total. The molecule has 31 heavy (non-hydrogen) atoms. The van der Waals surface area contributed by atoms with Gasteiger partial charge in [-0.25, -0.2) is 0 Å². The van der Waals surface area contributed by atoms with Crippen LogP contribution in [0.2, 0.25) is 0 Å². The Labute approximate surface area is 181 Å². The zero-order chi connectivity index (χ0) is 22.2. The molecule has 1 aliphatic rings. The van der Waals surface area contributed by atoms with Crippen molar-refractivity contribution in [2.24, 2.45) is 5.92 Å². The van der Waals surface area contributed by atoms with Gasteiger partial charge in [-0.1, -0.05) is 18.2 Å². The first kappa shape index (κ1) is 21.9. The molecule has 160 valence electrons. The van der Waals surface area contributed by atoms with Crippen LogP contribution in [0.4, 0.5) is 5.69 Å². The number of methoxy groups -OCH3 is 1. The molecule has 2 amide bonds. The summed E-state index contributed by atoms with van der Waals surface area (Å²) < 4.78 is 10.6. The smallest absolute Gasteiger partial charge is 0.244 e. The predicted octanol–water partition coefficient (Wildman–Crippen LogP) is 3.84. The predicted molar refractivity (Wildman–Crippen MR) is 117 cm³/mol. The number of amides is 2. The Kier molecular flexibility index (Phi) is 7.28. The molecular formula is C24H25N3O4. The molecule has 0 aliphatic heterocycles. The van der Waals surface area contributed by atoms with Gasteiger partial charge in [0.1, 0.15) is 6.07 Å². The molecule has 1 aliphatic carbocycles. The van der Waals surface area contributed by atoms with Crippen LogP contribution in [0.5, 0.6) is 11.5 Å². The number of hydrogen-bond acceptors (Lipinski definition) is 5. The van der Waals surface area contributed by atoms with Crippen molar-refractivity contribution >= 4 is 23.6 Å². The van der Waals surface area contributed by atoms with E-state index in [1.165, 1.54) is 13.2 Å². The second kappa shape index (κ2) is 10.3. The number of nitrogens with zero attached hydrogens (tertiary/aromatic N) is 1. The van der Waals surface area contributed by atoms with Crippen LogP contribution >= 0.6 is 0 Å². The van der Waals surface area contributed by atoms with Crippen LogP contribution in [0.3, 0.4) is 0 Å². The Bertz CT molecular complexity index is 1000. The first-order chi connectivity index (χ1) is 15.0. The maximum absolute atomic E-state index is 12.3. The number of carbonyl (C=O) groups excluding carboxylic acids is 2. The average Bonchev–Trinajstić information content (AvgIpc) is 3.62. The Hall–Kier alpha value is -3.79. The summed E-state index contributed by atoms with van der Waals surface area (Å²) in [6.07, 6.45) is 5.05. The third-order valence-electron chi connectivity index (χ3n) is 4.89. The normalized spacial score (nSPS) is 13.8. The van der Waals surface area contributed by atoms with Gasteiger partial charge in [-0.05, 0) is 61.2 Å². The summed E-state index contributed by atoms with van der Waals surface area (Å²) in [5.41, 5.74) is 2.46. The number of nitriles is 1. The lowest BCUT2D eigenvalue weighted by Gasteiger charge is -2.14. The molecule has 1 saturated carbocycles. The lowest BCUT2D eigenvalue weighted by atomic mass is 10.1. The number of anilines is 1. The molecule has 1 fully saturated rings. The molecule has 2 aromatic rings. The van der Waals surface area contributed by atoms with Gasteiger partial charge in [0.15, 0.2) is 18.1 Å². The molecular weight excluding hydrogens is 394 g/mol. The summed E-state index contributed by atoms with van der Waals surface area (Å²) in [6, 6.07) is 14.4. The van der Waals surface area contributed by atoms with Gasteiger partial charge in [0, 0.05) is 17.7 Å². The molecule has 0 radical (unpaired) electrons. The minimum Gasteiger partial charge on any atom is -0.493 e. The second-order valence-electron chi connectivity index (χ2n) is 7.31. The average molecular weight is 419 g/mol. The summed E-state index contributed by atoms with van der Waals surface area (Å²) >= 11 is 0. The fourth-order valence-electron chi connectivity index (χ4n) is 2.98. The fourth-order valence-corrected chi connectivity index (χ4v) is 2.98. The van der Waals surface area contributed by atoms with Gasteiger partial charge < -0.3 is 20.1 Å². The monoisotopic (exact) mass is 419 g/mol. The minimum atomic E-state index is -0.234. The molecule has 1 atom stereocenters. The molecule has 0 aromatic heterocycles. The number of ether oxygens (including phenoxy) is 2. The Balaban J connectivity index is 1.55. The minimum absolute atomic E-state index is 0.0697. The molecule has 3 rings (SSSR count). The summed E-state index contributed by atoms with van der Waals surface area (Å²) in [4.78, 5) is 24.1. The van der Waals surface area contributed by atoms with Crippen LogP contribution in [0.25, 0.3) is 6.08 Å². The van der Waals surface area contributed by atoms with E-state index in [4.69, 9.17) is 14.7 Å². The van der Waals surface area contributed by atoms with E-state index in [1.807, 2.05) is 37.3 Å². The van der Waals surface area contributed by atoms with E-state index in [9.17, 15) is 9.59 Å². The van der Waals surface area contributed by atoms with E-state index in [-0.39, 0.29) is 30.4 Å². The SMILES string of the molecule is COc1cc(/C=C/C(=O)NC(C)c2ccc(NC(=O)C3CC3)cc2)ccc1OCC#N. The van der Waals surface area contributed by atoms with Crippen molar-refractivity contribution in [3.63, 3.8) is 0 Å². The van der Waals surface area contributed by atoms with Crippen molar-refractivity contribution in [2.45, 2.75) is 25.8 Å². The molecule has 2 aromatic carbocycles. The van der Waals surface area contributed by atoms with Crippen molar-refractivity contribution in [3.8, 4) is 17.6 Å². The van der Waals surface area contributed by atoms with Gasteiger partial charge in [-0.15, -0.1) is 0 Å². The first-order valence-electron chi connectivity index (χ1n) is 10.1. The highest BCUT2D eigenvalue weighted by Gasteiger charge is 2.29. The highest BCUT2D eigenvalue weighted by molar-refractivity contribution is 5.94. The van der Waals surface area contributed by atoms with Crippen LogP contribution in [-0.2, 0) is 9.59 Å². The second-order valence-corrected chi connectivity index (χ2v) is 7.31. The third kappa shape index (κ3) is 6.34. The quantitative estimate of drug-likeness (QED) is 0.602. The summed E-state index contributed by atoms with van der Waals surface area (Å²) in [7, 11) is 1.51. The third-order valence-corrected chi connectivity index (χ3v) is 4.89. The summed E-state index contributed by atoms with van der Waals surface area (Å²) in [5.74, 6) is 0.949. The zero-order valence-electron chi connectivity index (χ0n) is 17.6. The molecule has 0 saturated heterocycles. The van der Waals surface area contributed by atoms with Crippen LogP contribution in [0, 0.1) is 17.2 Å². The highest BCUT2D eigenvalue weighted by Crippen LogP contribution is 2.30. The number of rotatable bonds is 9. The number of carbonyl (C=O) groups is 2. The molecule has 0 spiro atoms. The zero-order valence-corrected chi connectivity index (χ0v) is 17.6. The summed E-state index contributed by atoms with van der Waals surface area (Å²) in [6.45, 7) is 1.83. The van der Waals surface area contributed by atoms with Gasteiger partial charge >= 0.3 is 0 Å². The van der Waals surface area contributed by atoms with Crippen LogP contribution in [0.1, 0.15) is 36.9 Å². The van der Waals surface area contributed by atoms with Crippen molar-refractivity contribution in [1.82, 2.24) is 5.32 Å². The van der Waals surface area contributed by atoms with Crippen molar-refractivity contribution < 1.29 is 19.1 Å². The molecule has 0 bridgehead atoms. The van der Waals surface area contributed by atoms with Crippen molar-refractivity contribution in [1.29, 1.82) is 5.26 Å². The van der Waals surface area contributed by atoms with E-state index in [2.05, 4.69) is 10.6 Å². The van der Waals surface area contributed by atoms with Crippen molar-refractivity contribution in [3.05, 3.63) is 59.7 Å². The van der Waals surface area contributed by atoms with Crippen LogP contribution < -0.4 is 20.1 Å². The van der Waals surface area contributed by atoms with E-state index < -0.39 is 0 Å². The Morgan fingerprint density at radius 1 is 1.19 bits per heavy atom. The van der Waals surface area contributed by atoms with Gasteiger partial charge in [0.2, 0.25) is 11.8 Å². The molecule has 2 N–H and O–H groups in total. The largest absolute Gasteiger partial charge is 0.493 e. The lowest BCUT2D eigenvalue weighted by Crippen LogP contribution is -2.24. The van der Waals surface area contributed by atoms with E-state index >= 15 is 0 Å². The maximum atomic E-state index is 12.3. The maximum Gasteiger partial charge on any atom is 0.244 e. The van der Waals surface area contributed by atoms with Gasteiger partial charge in [0.05, 0.1) is 13.2 Å². The Morgan fingerprint density at radius 3 is 2.58 bits per heavy atom. The van der Waals surface area contributed by atoms with Crippen molar-refractivity contribution in [2.75, 3.05) is 19.0 Å². The van der Waals surface area contributed by atoms with Gasteiger partial charge in [-0.2, -0.15) is 5.26 Å². The topological polar surface area (TPSA) is 100 Å². The standard InChI is InChI=1S/C24H25N3O4/c1-16(18-7-9-20(10-8-18)27-24(29)19-5-6-19)26-23(28)12-4-17-3-11-21(31-14-13-25)22(15-17)30-2/h3-4,7-12,15-16,19H,5-6,14H2,1-2H3,(H,26,28)(H,27,29)/b12-4+.